The van der Waals surface area contributed by atoms with Gasteiger partial charge in [0, 0.05) is 10.6 Å². The molecule has 1 heterocycles. The van der Waals surface area contributed by atoms with E-state index in [0.717, 1.165) is 0 Å². The highest BCUT2D eigenvalue weighted by atomic mass is 35.5. The summed E-state index contributed by atoms with van der Waals surface area (Å²) in [6.07, 6.45) is -1.25. The number of anilines is 1. The van der Waals surface area contributed by atoms with Crippen LogP contribution in [-0.2, 0) is 0 Å². The van der Waals surface area contributed by atoms with Gasteiger partial charge in [0.1, 0.15) is 11.3 Å². The first-order chi connectivity index (χ1) is 10.0. The Morgan fingerprint density at radius 1 is 1.24 bits per heavy atom. The van der Waals surface area contributed by atoms with Gasteiger partial charge in [-0.15, -0.1) is 0 Å². The number of hydrogen-bond acceptors (Lipinski definition) is 4. The van der Waals surface area contributed by atoms with Gasteiger partial charge in [-0.3, -0.25) is 5.32 Å². The first-order valence-electron chi connectivity index (χ1n) is 5.93. The number of aromatic nitrogens is 1. The van der Waals surface area contributed by atoms with Crippen LogP contribution >= 0.6 is 11.6 Å². The maximum atomic E-state index is 10.7. The maximum absolute atomic E-state index is 10.7. The van der Waals surface area contributed by atoms with Crippen molar-refractivity contribution in [3.63, 3.8) is 0 Å². The molecule has 0 unspecified atom stereocenters. The van der Waals surface area contributed by atoms with E-state index < -0.39 is 6.09 Å². The van der Waals surface area contributed by atoms with E-state index in [1.807, 2.05) is 0 Å². The Kier molecular flexibility index (Phi) is 3.15. The van der Waals surface area contributed by atoms with Crippen LogP contribution in [-0.4, -0.2) is 21.5 Å². The van der Waals surface area contributed by atoms with Crippen molar-refractivity contribution in [1.82, 2.24) is 5.16 Å². The van der Waals surface area contributed by atoms with E-state index in [1.54, 1.807) is 30.3 Å². The van der Waals surface area contributed by atoms with Crippen LogP contribution < -0.4 is 5.32 Å². The van der Waals surface area contributed by atoms with E-state index in [9.17, 15) is 9.90 Å². The number of benzene rings is 2. The Labute approximate surface area is 123 Å². The van der Waals surface area contributed by atoms with Gasteiger partial charge in [-0.2, -0.15) is 0 Å². The van der Waals surface area contributed by atoms with Crippen molar-refractivity contribution in [3.8, 4) is 16.9 Å². The summed E-state index contributed by atoms with van der Waals surface area (Å²) < 4.78 is 4.94. The lowest BCUT2D eigenvalue weighted by Crippen LogP contribution is -2.06. The summed E-state index contributed by atoms with van der Waals surface area (Å²) in [7, 11) is 0. The van der Waals surface area contributed by atoms with E-state index in [-0.39, 0.29) is 11.6 Å². The lowest BCUT2D eigenvalue weighted by molar-refractivity contribution is 0.209. The summed E-state index contributed by atoms with van der Waals surface area (Å²) in [5.74, 6) is 0.101. The lowest BCUT2D eigenvalue weighted by Gasteiger charge is -2.05. The molecule has 2 aromatic carbocycles. The zero-order chi connectivity index (χ0) is 15.0. The number of carboxylic acid groups (broad SMARTS) is 1. The molecule has 6 nitrogen and oxygen atoms in total. The van der Waals surface area contributed by atoms with Crippen molar-refractivity contribution in [2.24, 2.45) is 0 Å². The topological polar surface area (TPSA) is 95.6 Å². The van der Waals surface area contributed by atoms with Gasteiger partial charge in [-0.1, -0.05) is 22.8 Å². The van der Waals surface area contributed by atoms with Gasteiger partial charge in [-0.25, -0.2) is 4.79 Å². The number of carbonyl (C=O) groups is 1. The largest absolute Gasteiger partial charge is 0.507 e. The van der Waals surface area contributed by atoms with E-state index in [0.29, 0.717) is 27.1 Å². The van der Waals surface area contributed by atoms with Crippen molar-refractivity contribution in [3.05, 3.63) is 41.4 Å². The second-order valence-corrected chi connectivity index (χ2v) is 4.77. The monoisotopic (exact) mass is 304 g/mol. The molecule has 0 radical (unpaired) electrons. The molecule has 0 aliphatic carbocycles. The number of aromatic hydroxyl groups is 1. The number of hydrogen-bond donors (Lipinski definition) is 3. The van der Waals surface area contributed by atoms with Gasteiger partial charge in [0.25, 0.3) is 0 Å². The number of nitrogens with zero attached hydrogens (tertiary/aromatic N) is 1. The molecule has 1 amide bonds. The fourth-order valence-corrected chi connectivity index (χ4v) is 2.21. The number of fused-ring (bicyclic) bond motifs is 1. The Bertz CT molecular complexity index is 844. The molecule has 7 heteroatoms. The number of phenols is 1. The van der Waals surface area contributed by atoms with Gasteiger partial charge in [-0.05, 0) is 35.9 Å². The van der Waals surface area contributed by atoms with Crippen molar-refractivity contribution < 1.29 is 19.5 Å². The third kappa shape index (κ3) is 2.48. The molecular formula is C14H9ClN2O4. The van der Waals surface area contributed by atoms with Crippen molar-refractivity contribution in [2.75, 3.05) is 5.32 Å². The molecule has 1 aromatic heterocycles. The van der Waals surface area contributed by atoms with Crippen LogP contribution in [0.15, 0.2) is 40.9 Å². The summed E-state index contributed by atoms with van der Waals surface area (Å²) in [4.78, 5) is 10.7. The van der Waals surface area contributed by atoms with Gasteiger partial charge < -0.3 is 14.7 Å². The zero-order valence-electron chi connectivity index (χ0n) is 10.5. The first-order valence-corrected chi connectivity index (χ1v) is 6.30. The fourth-order valence-electron chi connectivity index (χ4n) is 2.04. The van der Waals surface area contributed by atoms with E-state index in [1.165, 1.54) is 6.07 Å². The normalized spacial score (nSPS) is 10.7. The Hall–Kier alpha value is -2.73. The number of nitrogens with one attached hydrogen (secondary N) is 1. The lowest BCUT2D eigenvalue weighted by atomic mass is 10.0. The molecule has 0 aliphatic heterocycles. The van der Waals surface area contributed by atoms with Crippen LogP contribution in [0.1, 0.15) is 0 Å². The molecule has 0 atom stereocenters. The maximum Gasteiger partial charge on any atom is 0.411 e. The summed E-state index contributed by atoms with van der Waals surface area (Å²) in [5.41, 5.74) is 1.70. The summed E-state index contributed by atoms with van der Waals surface area (Å²) >= 11 is 5.93. The Balaban J connectivity index is 2.15. The number of rotatable bonds is 2. The van der Waals surface area contributed by atoms with Gasteiger partial charge in [0.05, 0.1) is 5.39 Å². The summed E-state index contributed by atoms with van der Waals surface area (Å²) in [5, 5.41) is 25.5. The predicted molar refractivity (Wildman–Crippen MR) is 77.8 cm³/mol. The molecule has 21 heavy (non-hydrogen) atoms. The summed E-state index contributed by atoms with van der Waals surface area (Å²) in [6.45, 7) is 0. The van der Waals surface area contributed by atoms with Crippen LogP contribution in [0.3, 0.4) is 0 Å². The fraction of sp³-hybridized carbons (Fsp3) is 0. The van der Waals surface area contributed by atoms with Crippen molar-refractivity contribution >= 4 is 34.5 Å². The molecule has 3 aromatic rings. The van der Waals surface area contributed by atoms with E-state index >= 15 is 0 Å². The Morgan fingerprint density at radius 3 is 2.81 bits per heavy atom. The van der Waals surface area contributed by atoms with Gasteiger partial charge in [0.15, 0.2) is 0 Å². The number of halogens is 1. The highest BCUT2D eigenvalue weighted by Gasteiger charge is 2.13. The van der Waals surface area contributed by atoms with Gasteiger partial charge in [0.2, 0.25) is 5.88 Å². The highest BCUT2D eigenvalue weighted by molar-refractivity contribution is 6.31. The minimum absolute atomic E-state index is 0.0286. The van der Waals surface area contributed by atoms with Crippen LogP contribution in [0, 0.1) is 0 Å². The predicted octanol–water partition coefficient (Wildman–Crippen LogP) is 3.94. The average Bonchev–Trinajstić information content (AvgIpc) is 2.83. The number of phenolic OH excluding ortho intramolecular Hbond substituents is 1. The number of amides is 1. The van der Waals surface area contributed by atoms with E-state index in [4.69, 9.17) is 21.2 Å². The minimum Gasteiger partial charge on any atom is -0.507 e. The quantitative estimate of drug-likeness (QED) is 0.666. The smallest absolute Gasteiger partial charge is 0.411 e. The second-order valence-electron chi connectivity index (χ2n) is 4.34. The third-order valence-corrected chi connectivity index (χ3v) is 3.20. The SMILES string of the molecule is O=C(O)Nc1onc2ccc(-c3cc(Cl)ccc3O)cc12. The first kappa shape index (κ1) is 13.3. The molecule has 0 saturated heterocycles. The molecule has 3 rings (SSSR count). The highest BCUT2D eigenvalue weighted by Crippen LogP contribution is 2.35. The molecular weight excluding hydrogens is 296 g/mol. The molecule has 0 bridgehead atoms. The van der Waals surface area contributed by atoms with Crippen LogP contribution in [0.4, 0.5) is 10.7 Å². The molecule has 106 valence electrons. The molecule has 0 fully saturated rings. The van der Waals surface area contributed by atoms with Crippen LogP contribution in [0.25, 0.3) is 22.0 Å². The minimum atomic E-state index is -1.25. The third-order valence-electron chi connectivity index (χ3n) is 2.97. The summed E-state index contributed by atoms with van der Waals surface area (Å²) in [6, 6.07) is 9.77. The standard InChI is InChI=1S/C14H9ClN2O4/c15-8-2-4-12(18)9(6-8)7-1-3-11-10(5-7)13(21-17-11)16-14(19)20/h1-6,16,18H,(H,19,20). The Morgan fingerprint density at radius 2 is 2.05 bits per heavy atom. The average molecular weight is 305 g/mol. The second kappa shape index (κ2) is 4.99. The molecule has 0 aliphatic rings. The van der Waals surface area contributed by atoms with Crippen molar-refractivity contribution in [1.29, 1.82) is 0 Å². The van der Waals surface area contributed by atoms with E-state index in [2.05, 4.69) is 10.5 Å². The van der Waals surface area contributed by atoms with Crippen LogP contribution in [0.5, 0.6) is 5.75 Å². The van der Waals surface area contributed by atoms with Crippen molar-refractivity contribution in [2.45, 2.75) is 0 Å². The molecule has 0 spiro atoms. The zero-order valence-corrected chi connectivity index (χ0v) is 11.3. The van der Waals surface area contributed by atoms with Gasteiger partial charge >= 0.3 is 6.09 Å². The van der Waals surface area contributed by atoms with Crippen LogP contribution in [0.2, 0.25) is 5.02 Å². The molecule has 0 saturated carbocycles. The molecule has 3 N–H and O–H groups in total.